The Balaban J connectivity index is 1.76. The first-order valence-electron chi connectivity index (χ1n) is 6.61. The summed E-state index contributed by atoms with van der Waals surface area (Å²) in [6, 6.07) is 5.60. The fraction of sp³-hybridized carbons (Fsp3) is 0.429. The Kier molecular flexibility index (Phi) is 3.21. The van der Waals surface area contributed by atoms with E-state index in [0.717, 1.165) is 36.8 Å². The van der Waals surface area contributed by atoms with Crippen molar-refractivity contribution in [1.29, 1.82) is 0 Å². The van der Waals surface area contributed by atoms with Crippen LogP contribution in [0.4, 0.5) is 0 Å². The molecule has 5 nitrogen and oxygen atoms in total. The second-order valence-electron chi connectivity index (χ2n) is 5.09. The summed E-state index contributed by atoms with van der Waals surface area (Å²) in [5.41, 5.74) is 1.65. The number of likely N-dealkylation sites (tertiary alicyclic amines) is 1. The van der Waals surface area contributed by atoms with Gasteiger partial charge in [-0.15, -0.1) is 0 Å². The van der Waals surface area contributed by atoms with Crippen LogP contribution in [0.5, 0.6) is 0 Å². The highest BCUT2D eigenvalue weighted by Gasteiger charge is 2.26. The van der Waals surface area contributed by atoms with Crippen LogP contribution in [0.1, 0.15) is 23.2 Å². The zero-order chi connectivity index (χ0) is 13.2. The van der Waals surface area contributed by atoms with Gasteiger partial charge in [-0.2, -0.15) is 5.10 Å². The first-order valence-corrected chi connectivity index (χ1v) is 6.61. The maximum atomic E-state index is 12.4. The van der Waals surface area contributed by atoms with E-state index >= 15 is 0 Å². The van der Waals surface area contributed by atoms with Crippen LogP contribution < -0.4 is 0 Å². The molecule has 2 aromatic rings. The Morgan fingerprint density at radius 2 is 2.42 bits per heavy atom. The smallest absolute Gasteiger partial charge is 0.253 e. The number of nitrogens with zero attached hydrogens (tertiary/aromatic N) is 2. The third kappa shape index (κ3) is 2.33. The summed E-state index contributed by atoms with van der Waals surface area (Å²) in [5, 5.41) is 16.7. The van der Waals surface area contributed by atoms with Gasteiger partial charge in [-0.25, -0.2) is 0 Å². The molecule has 1 fully saturated rings. The van der Waals surface area contributed by atoms with Crippen molar-refractivity contribution < 1.29 is 9.90 Å². The molecule has 1 aromatic heterocycles. The third-order valence-electron chi connectivity index (χ3n) is 3.80. The lowest BCUT2D eigenvalue weighted by atomic mass is 10.1. The van der Waals surface area contributed by atoms with E-state index in [0.29, 0.717) is 11.5 Å². The molecule has 0 spiro atoms. The van der Waals surface area contributed by atoms with E-state index < -0.39 is 0 Å². The number of amides is 1. The van der Waals surface area contributed by atoms with Gasteiger partial charge in [-0.3, -0.25) is 9.89 Å². The molecule has 1 atom stereocenters. The van der Waals surface area contributed by atoms with E-state index in [-0.39, 0.29) is 12.5 Å². The van der Waals surface area contributed by atoms with Crippen molar-refractivity contribution in [2.75, 3.05) is 19.7 Å². The molecule has 2 heterocycles. The summed E-state index contributed by atoms with van der Waals surface area (Å²) < 4.78 is 0. The monoisotopic (exact) mass is 259 g/mol. The third-order valence-corrected chi connectivity index (χ3v) is 3.80. The van der Waals surface area contributed by atoms with Gasteiger partial charge in [0.05, 0.1) is 11.7 Å². The number of aromatic nitrogens is 2. The highest BCUT2D eigenvalue weighted by molar-refractivity contribution is 5.98. The molecule has 1 amide bonds. The van der Waals surface area contributed by atoms with Crippen molar-refractivity contribution in [3.05, 3.63) is 30.0 Å². The summed E-state index contributed by atoms with van der Waals surface area (Å²) >= 11 is 0. The first kappa shape index (κ1) is 12.2. The molecule has 2 N–H and O–H groups in total. The summed E-state index contributed by atoms with van der Waals surface area (Å²) in [6.07, 6.45) is 3.50. The zero-order valence-electron chi connectivity index (χ0n) is 10.7. The Hall–Kier alpha value is -1.88. The number of benzene rings is 1. The van der Waals surface area contributed by atoms with Crippen LogP contribution >= 0.6 is 0 Å². The maximum Gasteiger partial charge on any atom is 0.253 e. The second kappa shape index (κ2) is 5.01. The SMILES string of the molecule is O=C(c1ccc2[nH]ncc2c1)N1CCC(CCO)C1. The van der Waals surface area contributed by atoms with Crippen molar-refractivity contribution in [2.45, 2.75) is 12.8 Å². The number of aromatic amines is 1. The Morgan fingerprint density at radius 3 is 3.26 bits per heavy atom. The van der Waals surface area contributed by atoms with Crippen molar-refractivity contribution in [3.63, 3.8) is 0 Å². The van der Waals surface area contributed by atoms with Crippen molar-refractivity contribution in [3.8, 4) is 0 Å². The van der Waals surface area contributed by atoms with E-state index in [1.54, 1.807) is 6.20 Å². The minimum absolute atomic E-state index is 0.0727. The average molecular weight is 259 g/mol. The number of H-pyrrole nitrogens is 1. The molecule has 100 valence electrons. The first-order chi connectivity index (χ1) is 9.28. The van der Waals surface area contributed by atoms with Gasteiger partial charge in [0.15, 0.2) is 0 Å². The summed E-state index contributed by atoms with van der Waals surface area (Å²) in [4.78, 5) is 14.3. The number of fused-ring (bicyclic) bond motifs is 1. The number of hydrogen-bond acceptors (Lipinski definition) is 3. The minimum Gasteiger partial charge on any atom is -0.396 e. The normalized spacial score (nSPS) is 19.2. The molecule has 1 aliphatic rings. The fourth-order valence-electron chi connectivity index (χ4n) is 2.69. The van der Waals surface area contributed by atoms with E-state index in [2.05, 4.69) is 10.2 Å². The van der Waals surface area contributed by atoms with Gasteiger partial charge in [0, 0.05) is 30.6 Å². The van der Waals surface area contributed by atoms with Crippen molar-refractivity contribution in [2.24, 2.45) is 5.92 Å². The predicted octanol–water partition coefficient (Wildman–Crippen LogP) is 1.41. The number of rotatable bonds is 3. The van der Waals surface area contributed by atoms with Gasteiger partial charge in [-0.1, -0.05) is 0 Å². The largest absolute Gasteiger partial charge is 0.396 e. The van der Waals surface area contributed by atoms with Crippen LogP contribution in [-0.2, 0) is 0 Å². The number of carbonyl (C=O) groups excluding carboxylic acids is 1. The molecule has 1 saturated heterocycles. The van der Waals surface area contributed by atoms with Gasteiger partial charge in [0.1, 0.15) is 0 Å². The van der Waals surface area contributed by atoms with Gasteiger partial charge in [0.25, 0.3) is 5.91 Å². The number of hydrogen-bond donors (Lipinski definition) is 2. The van der Waals surface area contributed by atoms with E-state index in [4.69, 9.17) is 5.11 Å². The van der Waals surface area contributed by atoms with Crippen LogP contribution in [0, 0.1) is 5.92 Å². The molecular weight excluding hydrogens is 242 g/mol. The maximum absolute atomic E-state index is 12.4. The fourth-order valence-corrected chi connectivity index (χ4v) is 2.69. The molecule has 19 heavy (non-hydrogen) atoms. The van der Waals surface area contributed by atoms with Gasteiger partial charge >= 0.3 is 0 Å². The molecule has 3 rings (SSSR count). The van der Waals surface area contributed by atoms with E-state index in [9.17, 15) is 4.79 Å². The Bertz CT molecular complexity index is 593. The quantitative estimate of drug-likeness (QED) is 0.875. The Morgan fingerprint density at radius 1 is 1.53 bits per heavy atom. The summed E-state index contributed by atoms with van der Waals surface area (Å²) in [7, 11) is 0. The lowest BCUT2D eigenvalue weighted by Crippen LogP contribution is -2.28. The van der Waals surface area contributed by atoms with Crippen LogP contribution in [0.2, 0.25) is 0 Å². The molecular formula is C14H17N3O2. The average Bonchev–Trinajstić information content (AvgIpc) is 3.05. The van der Waals surface area contributed by atoms with Gasteiger partial charge in [-0.05, 0) is 37.0 Å². The second-order valence-corrected chi connectivity index (χ2v) is 5.09. The van der Waals surface area contributed by atoms with Crippen molar-refractivity contribution >= 4 is 16.8 Å². The van der Waals surface area contributed by atoms with Gasteiger partial charge in [0.2, 0.25) is 0 Å². The Labute approximate surface area is 111 Å². The lowest BCUT2D eigenvalue weighted by Gasteiger charge is -2.16. The molecule has 0 bridgehead atoms. The summed E-state index contributed by atoms with van der Waals surface area (Å²) in [5.74, 6) is 0.509. The van der Waals surface area contributed by atoms with E-state index in [1.807, 2.05) is 23.1 Å². The number of carbonyl (C=O) groups is 1. The molecule has 0 radical (unpaired) electrons. The van der Waals surface area contributed by atoms with Crippen molar-refractivity contribution in [1.82, 2.24) is 15.1 Å². The van der Waals surface area contributed by atoms with Crippen LogP contribution in [0.15, 0.2) is 24.4 Å². The highest BCUT2D eigenvalue weighted by Crippen LogP contribution is 2.22. The van der Waals surface area contributed by atoms with Crippen LogP contribution in [0.25, 0.3) is 10.9 Å². The van der Waals surface area contributed by atoms with E-state index in [1.165, 1.54) is 0 Å². The predicted molar refractivity (Wildman–Crippen MR) is 71.8 cm³/mol. The van der Waals surface area contributed by atoms with Crippen LogP contribution in [-0.4, -0.2) is 45.8 Å². The minimum atomic E-state index is 0.0727. The topological polar surface area (TPSA) is 69.2 Å². The molecule has 0 aliphatic carbocycles. The number of aliphatic hydroxyl groups is 1. The lowest BCUT2D eigenvalue weighted by molar-refractivity contribution is 0.0785. The number of aliphatic hydroxyl groups excluding tert-OH is 1. The molecule has 5 heteroatoms. The number of nitrogens with one attached hydrogen (secondary N) is 1. The highest BCUT2D eigenvalue weighted by atomic mass is 16.3. The standard InChI is InChI=1S/C14H17N3O2/c18-6-4-10-3-5-17(9-10)14(19)11-1-2-13-12(7-11)8-15-16-13/h1-2,7-8,10,18H,3-6,9H2,(H,15,16). The molecule has 1 unspecified atom stereocenters. The molecule has 1 aromatic carbocycles. The molecule has 0 saturated carbocycles. The molecule has 1 aliphatic heterocycles. The van der Waals surface area contributed by atoms with Gasteiger partial charge < -0.3 is 10.0 Å². The van der Waals surface area contributed by atoms with Crippen LogP contribution in [0.3, 0.4) is 0 Å². The summed E-state index contributed by atoms with van der Waals surface area (Å²) in [6.45, 7) is 1.74. The zero-order valence-corrected chi connectivity index (χ0v) is 10.7.